The van der Waals surface area contributed by atoms with Crippen molar-refractivity contribution in [1.82, 2.24) is 5.32 Å². The lowest BCUT2D eigenvalue weighted by atomic mass is 9.94. The maximum Gasteiger partial charge on any atom is 0.407 e. The summed E-state index contributed by atoms with van der Waals surface area (Å²) in [6, 6.07) is 9.14. The van der Waals surface area contributed by atoms with Crippen LogP contribution >= 0.6 is 0 Å². The third-order valence-corrected chi connectivity index (χ3v) is 5.95. The van der Waals surface area contributed by atoms with Crippen LogP contribution in [0, 0.1) is 5.92 Å². The first-order chi connectivity index (χ1) is 13.7. The van der Waals surface area contributed by atoms with Crippen LogP contribution in [0.25, 0.3) is 0 Å². The summed E-state index contributed by atoms with van der Waals surface area (Å²) in [4.78, 5) is 12.3. The van der Waals surface area contributed by atoms with Crippen molar-refractivity contribution in [1.29, 1.82) is 0 Å². The summed E-state index contributed by atoms with van der Waals surface area (Å²) < 4.78 is 23.6. The van der Waals surface area contributed by atoms with Gasteiger partial charge in [-0.25, -0.2) is 4.79 Å². The van der Waals surface area contributed by atoms with Gasteiger partial charge in [0, 0.05) is 18.8 Å². The number of aliphatic hydroxyl groups is 1. The van der Waals surface area contributed by atoms with Crippen LogP contribution in [0.3, 0.4) is 0 Å². The van der Waals surface area contributed by atoms with Gasteiger partial charge in [0.2, 0.25) is 0 Å². The first-order valence-corrected chi connectivity index (χ1v) is 10.2. The van der Waals surface area contributed by atoms with E-state index in [0.717, 1.165) is 31.2 Å². The minimum absolute atomic E-state index is 0.0706. The highest BCUT2D eigenvalue weighted by atomic mass is 16.8. The first kappa shape index (κ1) is 19.6. The third-order valence-electron chi connectivity index (χ3n) is 5.95. The zero-order chi connectivity index (χ0) is 19.4. The van der Waals surface area contributed by atoms with Crippen LogP contribution in [0.2, 0.25) is 0 Å². The molecule has 1 aromatic carbocycles. The normalized spacial score (nSPS) is 31.8. The molecule has 0 aromatic heterocycles. The van der Waals surface area contributed by atoms with Crippen molar-refractivity contribution in [2.24, 2.45) is 5.92 Å². The van der Waals surface area contributed by atoms with Crippen molar-refractivity contribution in [2.45, 2.75) is 62.7 Å². The highest BCUT2D eigenvalue weighted by Crippen LogP contribution is 2.40. The standard InChI is InChI=1S/C21H29NO6/c23-11-16-13-25-19(17-14-27-21(28-17)9-5-2-6-10-21)18(16)22-20(24)26-12-15-7-3-1-4-8-15/h1,3-4,7-8,16-19,23H,2,5-6,9-14H2,(H,22,24)/t16-,17-,18-,19-/m1/s1. The van der Waals surface area contributed by atoms with E-state index >= 15 is 0 Å². The predicted octanol–water partition coefficient (Wildman–Crippen LogP) is 2.36. The molecular formula is C21H29NO6. The first-order valence-electron chi connectivity index (χ1n) is 10.2. The second-order valence-corrected chi connectivity index (χ2v) is 7.91. The molecule has 1 aromatic rings. The van der Waals surface area contributed by atoms with Gasteiger partial charge < -0.3 is 29.4 Å². The summed E-state index contributed by atoms with van der Waals surface area (Å²) in [6.07, 6.45) is 4.08. The minimum atomic E-state index is -0.519. The second-order valence-electron chi connectivity index (χ2n) is 7.91. The number of amides is 1. The molecule has 3 fully saturated rings. The van der Waals surface area contributed by atoms with Gasteiger partial charge in [-0.05, 0) is 18.4 Å². The third kappa shape index (κ3) is 4.33. The summed E-state index contributed by atoms with van der Waals surface area (Å²) in [5, 5.41) is 12.6. The molecule has 1 spiro atoms. The fraction of sp³-hybridized carbons (Fsp3) is 0.667. The molecule has 7 heteroatoms. The van der Waals surface area contributed by atoms with E-state index in [9.17, 15) is 9.90 Å². The van der Waals surface area contributed by atoms with Crippen molar-refractivity contribution in [3.63, 3.8) is 0 Å². The van der Waals surface area contributed by atoms with E-state index in [2.05, 4.69) is 5.32 Å². The van der Waals surface area contributed by atoms with E-state index in [4.69, 9.17) is 18.9 Å². The number of carbonyl (C=O) groups is 1. The number of hydrogen-bond donors (Lipinski definition) is 2. The fourth-order valence-electron chi connectivity index (χ4n) is 4.41. The highest BCUT2D eigenvalue weighted by Gasteiger charge is 2.50. The molecule has 3 aliphatic rings. The molecule has 4 rings (SSSR count). The van der Waals surface area contributed by atoms with Gasteiger partial charge in [0.15, 0.2) is 5.79 Å². The quantitative estimate of drug-likeness (QED) is 0.801. The molecule has 154 valence electrons. The summed E-state index contributed by atoms with van der Waals surface area (Å²) >= 11 is 0. The Morgan fingerprint density at radius 2 is 1.96 bits per heavy atom. The Morgan fingerprint density at radius 1 is 1.18 bits per heavy atom. The number of nitrogens with one attached hydrogen (secondary N) is 1. The van der Waals surface area contributed by atoms with Crippen molar-refractivity contribution in [3.8, 4) is 0 Å². The van der Waals surface area contributed by atoms with Gasteiger partial charge in [-0.2, -0.15) is 0 Å². The molecule has 2 saturated heterocycles. The number of carbonyl (C=O) groups excluding carboxylic acids is 1. The van der Waals surface area contributed by atoms with Crippen LogP contribution < -0.4 is 5.32 Å². The lowest BCUT2D eigenvalue weighted by Crippen LogP contribution is -2.50. The van der Waals surface area contributed by atoms with Gasteiger partial charge in [0.1, 0.15) is 18.8 Å². The average Bonchev–Trinajstić information content (AvgIpc) is 3.32. The predicted molar refractivity (Wildman–Crippen MR) is 101 cm³/mol. The van der Waals surface area contributed by atoms with Crippen molar-refractivity contribution in [3.05, 3.63) is 35.9 Å². The molecule has 0 radical (unpaired) electrons. The summed E-state index contributed by atoms with van der Waals surface area (Å²) in [7, 11) is 0. The summed E-state index contributed by atoms with van der Waals surface area (Å²) in [5.74, 6) is -0.692. The van der Waals surface area contributed by atoms with Gasteiger partial charge >= 0.3 is 6.09 Å². The Morgan fingerprint density at radius 3 is 2.71 bits per heavy atom. The highest BCUT2D eigenvalue weighted by molar-refractivity contribution is 5.67. The van der Waals surface area contributed by atoms with E-state index in [-0.39, 0.29) is 37.4 Å². The summed E-state index contributed by atoms with van der Waals surface area (Å²) in [5.41, 5.74) is 0.919. The molecule has 28 heavy (non-hydrogen) atoms. The van der Waals surface area contributed by atoms with Crippen molar-refractivity contribution < 1.29 is 28.8 Å². The molecule has 1 amide bonds. The second kappa shape index (κ2) is 8.78. The smallest absolute Gasteiger partial charge is 0.407 e. The molecule has 2 aliphatic heterocycles. The minimum Gasteiger partial charge on any atom is -0.445 e. The topological polar surface area (TPSA) is 86.3 Å². The SMILES string of the molecule is O=C(N[C@@H]1[C@H](CO)CO[C@@H]1[C@H]1COC2(CCCCC2)O1)OCc1ccccc1. The van der Waals surface area contributed by atoms with E-state index in [1.165, 1.54) is 6.42 Å². The molecule has 0 bridgehead atoms. The molecule has 1 aliphatic carbocycles. The lowest BCUT2D eigenvalue weighted by molar-refractivity contribution is -0.196. The van der Waals surface area contributed by atoms with E-state index in [0.29, 0.717) is 13.2 Å². The molecule has 2 N–H and O–H groups in total. The fourth-order valence-corrected chi connectivity index (χ4v) is 4.41. The van der Waals surface area contributed by atoms with Gasteiger partial charge in [-0.3, -0.25) is 0 Å². The monoisotopic (exact) mass is 391 g/mol. The Labute approximate surface area is 165 Å². The van der Waals surface area contributed by atoms with Crippen LogP contribution in [0.1, 0.15) is 37.7 Å². The molecule has 1 saturated carbocycles. The van der Waals surface area contributed by atoms with Crippen LogP contribution in [-0.4, -0.2) is 55.1 Å². The van der Waals surface area contributed by atoms with Crippen LogP contribution in [0.5, 0.6) is 0 Å². The van der Waals surface area contributed by atoms with Crippen molar-refractivity contribution in [2.75, 3.05) is 19.8 Å². The molecule has 4 atom stereocenters. The Kier molecular flexibility index (Phi) is 6.16. The summed E-state index contributed by atoms with van der Waals surface area (Å²) in [6.45, 7) is 0.942. The van der Waals surface area contributed by atoms with Gasteiger partial charge in [0.05, 0.1) is 25.9 Å². The number of aliphatic hydroxyl groups excluding tert-OH is 1. The zero-order valence-corrected chi connectivity index (χ0v) is 16.0. The maximum atomic E-state index is 12.3. The number of ether oxygens (including phenoxy) is 4. The van der Waals surface area contributed by atoms with Gasteiger partial charge in [-0.1, -0.05) is 36.8 Å². The van der Waals surface area contributed by atoms with Crippen LogP contribution in [-0.2, 0) is 25.6 Å². The maximum absolute atomic E-state index is 12.3. The number of rotatable bonds is 5. The van der Waals surface area contributed by atoms with E-state index < -0.39 is 11.9 Å². The Balaban J connectivity index is 1.35. The van der Waals surface area contributed by atoms with Crippen molar-refractivity contribution >= 4 is 6.09 Å². The zero-order valence-electron chi connectivity index (χ0n) is 16.0. The van der Waals surface area contributed by atoms with Gasteiger partial charge in [0.25, 0.3) is 0 Å². The van der Waals surface area contributed by atoms with E-state index in [1.807, 2.05) is 30.3 Å². The van der Waals surface area contributed by atoms with Gasteiger partial charge in [-0.15, -0.1) is 0 Å². The van der Waals surface area contributed by atoms with Crippen LogP contribution in [0.15, 0.2) is 30.3 Å². The molecular weight excluding hydrogens is 362 g/mol. The number of benzene rings is 1. The molecule has 0 unspecified atom stereocenters. The Hall–Kier alpha value is -1.67. The number of hydrogen-bond acceptors (Lipinski definition) is 6. The lowest BCUT2D eigenvalue weighted by Gasteiger charge is -2.33. The largest absolute Gasteiger partial charge is 0.445 e. The Bertz CT molecular complexity index is 648. The average molecular weight is 391 g/mol. The molecule has 2 heterocycles. The number of alkyl carbamates (subject to hydrolysis) is 1. The van der Waals surface area contributed by atoms with E-state index in [1.54, 1.807) is 0 Å². The molecule has 7 nitrogen and oxygen atoms in total. The van der Waals surface area contributed by atoms with Crippen LogP contribution in [0.4, 0.5) is 4.79 Å².